The van der Waals surface area contributed by atoms with Gasteiger partial charge in [-0.3, -0.25) is 4.68 Å². The van der Waals surface area contributed by atoms with E-state index in [1.807, 2.05) is 0 Å². The van der Waals surface area contributed by atoms with Crippen molar-refractivity contribution in [1.82, 2.24) is 15.1 Å². The average molecular weight is 223 g/mol. The number of nitrogens with one attached hydrogen (secondary N) is 1. The summed E-state index contributed by atoms with van der Waals surface area (Å²) in [7, 11) is 1.77. The Labute approximate surface area is 94.5 Å². The summed E-state index contributed by atoms with van der Waals surface area (Å²) < 4.78 is 1.62. The Balaban J connectivity index is 2.08. The summed E-state index contributed by atoms with van der Waals surface area (Å²) in [5.41, 5.74) is 1.21. The Hall–Kier alpha value is -1.36. The maximum atomic E-state index is 11.0. The molecule has 1 aliphatic carbocycles. The number of aromatic carboxylic acids is 1. The number of carboxylic acids is 1. The van der Waals surface area contributed by atoms with E-state index < -0.39 is 5.97 Å². The molecule has 2 N–H and O–H groups in total. The predicted molar refractivity (Wildman–Crippen MR) is 59.3 cm³/mol. The minimum atomic E-state index is -0.913. The van der Waals surface area contributed by atoms with Crippen LogP contribution in [0.15, 0.2) is 6.20 Å². The van der Waals surface area contributed by atoms with Gasteiger partial charge in [0, 0.05) is 19.1 Å². The van der Waals surface area contributed by atoms with Gasteiger partial charge in [-0.1, -0.05) is 0 Å². The Bertz CT molecular complexity index is 407. The van der Waals surface area contributed by atoms with Gasteiger partial charge >= 0.3 is 5.97 Å². The van der Waals surface area contributed by atoms with Crippen LogP contribution < -0.4 is 5.32 Å². The number of rotatable bonds is 4. The Morgan fingerprint density at radius 2 is 2.38 bits per heavy atom. The highest BCUT2D eigenvalue weighted by atomic mass is 16.4. The van der Waals surface area contributed by atoms with E-state index in [0.717, 1.165) is 18.5 Å². The van der Waals surface area contributed by atoms with Crippen molar-refractivity contribution in [3.8, 4) is 0 Å². The van der Waals surface area contributed by atoms with Crippen LogP contribution in [-0.2, 0) is 13.6 Å². The second-order valence-corrected chi connectivity index (χ2v) is 4.70. The summed E-state index contributed by atoms with van der Waals surface area (Å²) >= 11 is 0. The highest BCUT2D eigenvalue weighted by molar-refractivity contribution is 5.88. The van der Waals surface area contributed by atoms with Crippen molar-refractivity contribution in [2.24, 2.45) is 7.05 Å². The van der Waals surface area contributed by atoms with Crippen molar-refractivity contribution < 1.29 is 9.90 Å². The third kappa shape index (κ3) is 1.95. The zero-order valence-corrected chi connectivity index (χ0v) is 9.66. The van der Waals surface area contributed by atoms with E-state index in [9.17, 15) is 4.79 Å². The SMILES string of the molecule is Cn1ncc(C(=O)O)c1CNC1(C)CCC1. The molecule has 1 fully saturated rings. The molecule has 1 aromatic rings. The fourth-order valence-corrected chi connectivity index (χ4v) is 2.03. The van der Waals surface area contributed by atoms with Gasteiger partial charge in [0.2, 0.25) is 0 Å². The molecule has 0 spiro atoms. The van der Waals surface area contributed by atoms with E-state index in [-0.39, 0.29) is 11.1 Å². The molecule has 2 rings (SSSR count). The van der Waals surface area contributed by atoms with Crippen molar-refractivity contribution >= 4 is 5.97 Å². The first-order valence-corrected chi connectivity index (χ1v) is 5.51. The lowest BCUT2D eigenvalue weighted by Gasteiger charge is -2.39. The van der Waals surface area contributed by atoms with E-state index >= 15 is 0 Å². The molecule has 5 nitrogen and oxygen atoms in total. The number of hydrogen-bond donors (Lipinski definition) is 2. The fourth-order valence-electron chi connectivity index (χ4n) is 2.03. The Morgan fingerprint density at radius 1 is 1.69 bits per heavy atom. The molecule has 0 radical (unpaired) electrons. The standard InChI is InChI=1S/C11H17N3O2/c1-11(4-3-5-11)12-7-9-8(10(15)16)6-13-14(9)2/h6,12H,3-5,7H2,1-2H3,(H,15,16). The van der Waals surface area contributed by atoms with Crippen LogP contribution in [0.4, 0.5) is 0 Å². The predicted octanol–water partition coefficient (Wildman–Crippen LogP) is 1.15. The van der Waals surface area contributed by atoms with Crippen LogP contribution in [0.5, 0.6) is 0 Å². The van der Waals surface area contributed by atoms with Crippen LogP contribution in [0.1, 0.15) is 42.2 Å². The fraction of sp³-hybridized carbons (Fsp3) is 0.636. The van der Waals surface area contributed by atoms with E-state index in [1.165, 1.54) is 12.6 Å². The van der Waals surface area contributed by atoms with Gasteiger partial charge < -0.3 is 10.4 Å². The number of hydrogen-bond acceptors (Lipinski definition) is 3. The Kier molecular flexibility index (Phi) is 2.71. The minimum Gasteiger partial charge on any atom is -0.478 e. The Morgan fingerprint density at radius 3 is 2.88 bits per heavy atom. The van der Waals surface area contributed by atoms with Crippen LogP contribution in [0.25, 0.3) is 0 Å². The maximum Gasteiger partial charge on any atom is 0.339 e. The van der Waals surface area contributed by atoms with Crippen LogP contribution in [0.3, 0.4) is 0 Å². The summed E-state index contributed by atoms with van der Waals surface area (Å²) in [4.78, 5) is 11.0. The average Bonchev–Trinajstić information content (AvgIpc) is 2.54. The van der Waals surface area contributed by atoms with Crippen molar-refractivity contribution in [3.63, 3.8) is 0 Å². The third-order valence-corrected chi connectivity index (χ3v) is 3.43. The van der Waals surface area contributed by atoms with E-state index in [0.29, 0.717) is 6.54 Å². The molecule has 0 bridgehead atoms. The molecular formula is C11H17N3O2. The smallest absolute Gasteiger partial charge is 0.339 e. The lowest BCUT2D eigenvalue weighted by molar-refractivity contribution is 0.0694. The first-order chi connectivity index (χ1) is 7.52. The first kappa shape index (κ1) is 11.1. The zero-order chi connectivity index (χ0) is 11.8. The van der Waals surface area contributed by atoms with Gasteiger partial charge in [-0.2, -0.15) is 5.10 Å². The largest absolute Gasteiger partial charge is 0.478 e. The van der Waals surface area contributed by atoms with Gasteiger partial charge in [0.15, 0.2) is 0 Å². The summed E-state index contributed by atoms with van der Waals surface area (Å²) in [5, 5.41) is 16.4. The number of nitrogens with zero attached hydrogens (tertiary/aromatic N) is 2. The normalized spacial score (nSPS) is 18.1. The molecule has 16 heavy (non-hydrogen) atoms. The van der Waals surface area contributed by atoms with Gasteiger partial charge in [-0.15, -0.1) is 0 Å². The lowest BCUT2D eigenvalue weighted by Crippen LogP contribution is -2.47. The van der Waals surface area contributed by atoms with Crippen molar-refractivity contribution in [1.29, 1.82) is 0 Å². The second-order valence-electron chi connectivity index (χ2n) is 4.70. The van der Waals surface area contributed by atoms with Gasteiger partial charge in [0.1, 0.15) is 5.56 Å². The molecule has 0 amide bonds. The molecule has 1 aliphatic rings. The topological polar surface area (TPSA) is 67.2 Å². The van der Waals surface area contributed by atoms with Crippen LogP contribution in [0.2, 0.25) is 0 Å². The molecule has 0 aliphatic heterocycles. The van der Waals surface area contributed by atoms with E-state index in [1.54, 1.807) is 11.7 Å². The summed E-state index contributed by atoms with van der Waals surface area (Å²) in [6.45, 7) is 2.74. The molecule has 88 valence electrons. The summed E-state index contributed by atoms with van der Waals surface area (Å²) in [5.74, 6) is -0.913. The first-order valence-electron chi connectivity index (χ1n) is 5.51. The summed E-state index contributed by atoms with van der Waals surface area (Å²) in [6.07, 6.45) is 4.98. The van der Waals surface area contributed by atoms with Crippen LogP contribution in [0, 0.1) is 0 Å². The van der Waals surface area contributed by atoms with Crippen LogP contribution in [-0.4, -0.2) is 26.4 Å². The zero-order valence-electron chi connectivity index (χ0n) is 9.66. The van der Waals surface area contributed by atoms with Crippen molar-refractivity contribution in [2.45, 2.75) is 38.3 Å². The van der Waals surface area contributed by atoms with Crippen molar-refractivity contribution in [3.05, 3.63) is 17.5 Å². The number of carboxylic acid groups (broad SMARTS) is 1. The quantitative estimate of drug-likeness (QED) is 0.803. The van der Waals surface area contributed by atoms with Gasteiger partial charge in [-0.25, -0.2) is 4.79 Å². The molecule has 1 heterocycles. The molecule has 0 saturated heterocycles. The van der Waals surface area contributed by atoms with Crippen LogP contribution >= 0.6 is 0 Å². The maximum absolute atomic E-state index is 11.0. The number of aryl methyl sites for hydroxylation is 1. The van der Waals surface area contributed by atoms with Gasteiger partial charge in [-0.05, 0) is 26.2 Å². The van der Waals surface area contributed by atoms with Crippen molar-refractivity contribution in [2.75, 3.05) is 0 Å². The van der Waals surface area contributed by atoms with Gasteiger partial charge in [0.05, 0.1) is 11.9 Å². The lowest BCUT2D eigenvalue weighted by atomic mass is 9.78. The monoisotopic (exact) mass is 223 g/mol. The third-order valence-electron chi connectivity index (χ3n) is 3.43. The number of aromatic nitrogens is 2. The van der Waals surface area contributed by atoms with E-state index in [4.69, 9.17) is 5.11 Å². The molecule has 0 aromatic carbocycles. The van der Waals surface area contributed by atoms with Gasteiger partial charge in [0.25, 0.3) is 0 Å². The highest BCUT2D eigenvalue weighted by Crippen LogP contribution is 2.31. The second kappa shape index (κ2) is 3.90. The molecule has 1 saturated carbocycles. The molecule has 0 unspecified atom stereocenters. The molecule has 0 atom stereocenters. The van der Waals surface area contributed by atoms with E-state index in [2.05, 4.69) is 17.3 Å². The molecule has 5 heteroatoms. The highest BCUT2D eigenvalue weighted by Gasteiger charge is 2.31. The number of carbonyl (C=O) groups is 1. The molecular weight excluding hydrogens is 206 g/mol. The molecule has 1 aromatic heterocycles. The minimum absolute atomic E-state index is 0.181. The summed E-state index contributed by atoms with van der Waals surface area (Å²) in [6, 6.07) is 0.